The monoisotopic (exact) mass is 265 g/mol. The number of aromatic hydroxyl groups is 1. The molecular formula is C16H27NO2. The Bertz CT molecular complexity index is 337. The van der Waals surface area contributed by atoms with Crippen LogP contribution in [0.3, 0.4) is 0 Å². The Balaban J connectivity index is 2.22. The van der Waals surface area contributed by atoms with E-state index in [0.29, 0.717) is 18.6 Å². The maximum Gasteiger partial charge on any atom is 0.119 e. The van der Waals surface area contributed by atoms with Gasteiger partial charge in [0.1, 0.15) is 12.5 Å². The molecule has 0 saturated heterocycles. The third-order valence-electron chi connectivity index (χ3n) is 3.31. The molecule has 0 aliphatic rings. The molecule has 0 radical (unpaired) electrons. The van der Waals surface area contributed by atoms with Gasteiger partial charge in [0.25, 0.3) is 0 Å². The van der Waals surface area contributed by atoms with Gasteiger partial charge in [0.05, 0.1) is 6.10 Å². The van der Waals surface area contributed by atoms with E-state index in [1.165, 1.54) is 25.7 Å². The van der Waals surface area contributed by atoms with Gasteiger partial charge in [0.2, 0.25) is 0 Å². The number of benzene rings is 1. The predicted octanol–water partition coefficient (Wildman–Crippen LogP) is 4.16. The predicted molar refractivity (Wildman–Crippen MR) is 80.7 cm³/mol. The summed E-state index contributed by atoms with van der Waals surface area (Å²) in [6.45, 7) is 4.95. The topological polar surface area (TPSA) is 32.7 Å². The van der Waals surface area contributed by atoms with E-state index in [-0.39, 0.29) is 0 Å². The highest BCUT2D eigenvalue weighted by molar-refractivity contribution is 5.47. The lowest BCUT2D eigenvalue weighted by molar-refractivity contribution is 0.0609. The SMILES string of the molecule is CCCCCC[C@H](C)OCN(C)c1ccc(O)cc1. The second-order valence-electron chi connectivity index (χ2n) is 5.17. The van der Waals surface area contributed by atoms with Crippen molar-refractivity contribution in [2.45, 2.75) is 52.1 Å². The van der Waals surface area contributed by atoms with E-state index in [0.717, 1.165) is 12.1 Å². The van der Waals surface area contributed by atoms with Crippen LogP contribution >= 0.6 is 0 Å². The van der Waals surface area contributed by atoms with Crippen molar-refractivity contribution in [3.63, 3.8) is 0 Å². The Morgan fingerprint density at radius 3 is 2.47 bits per heavy atom. The quantitative estimate of drug-likeness (QED) is 0.537. The largest absolute Gasteiger partial charge is 0.508 e. The first-order chi connectivity index (χ1) is 9.13. The van der Waals surface area contributed by atoms with Crippen molar-refractivity contribution in [2.24, 2.45) is 0 Å². The number of phenols is 1. The first-order valence-electron chi connectivity index (χ1n) is 7.25. The summed E-state index contributed by atoms with van der Waals surface area (Å²) < 4.78 is 5.83. The molecule has 1 N–H and O–H groups in total. The molecule has 0 bridgehead atoms. The molecule has 0 aromatic heterocycles. The summed E-state index contributed by atoms with van der Waals surface area (Å²) in [5.41, 5.74) is 1.05. The molecule has 0 fully saturated rings. The van der Waals surface area contributed by atoms with Gasteiger partial charge in [0, 0.05) is 12.7 Å². The van der Waals surface area contributed by atoms with Gasteiger partial charge in [-0.2, -0.15) is 0 Å². The maximum absolute atomic E-state index is 9.25. The average Bonchev–Trinajstić information content (AvgIpc) is 2.42. The van der Waals surface area contributed by atoms with Crippen molar-refractivity contribution >= 4 is 5.69 Å². The minimum absolute atomic E-state index is 0.294. The molecule has 0 saturated carbocycles. The molecule has 1 aromatic carbocycles. The normalized spacial score (nSPS) is 12.4. The molecule has 19 heavy (non-hydrogen) atoms. The van der Waals surface area contributed by atoms with Gasteiger partial charge in [-0.15, -0.1) is 0 Å². The van der Waals surface area contributed by atoms with Crippen molar-refractivity contribution < 1.29 is 9.84 Å². The van der Waals surface area contributed by atoms with Crippen LogP contribution in [0.4, 0.5) is 5.69 Å². The fourth-order valence-corrected chi connectivity index (χ4v) is 1.96. The number of nitrogens with zero attached hydrogens (tertiary/aromatic N) is 1. The number of hydrogen-bond acceptors (Lipinski definition) is 3. The van der Waals surface area contributed by atoms with Crippen LogP contribution in [-0.4, -0.2) is 25.0 Å². The van der Waals surface area contributed by atoms with E-state index in [4.69, 9.17) is 4.74 Å². The van der Waals surface area contributed by atoms with E-state index in [9.17, 15) is 5.11 Å². The van der Waals surface area contributed by atoms with Crippen molar-refractivity contribution in [3.8, 4) is 5.75 Å². The van der Waals surface area contributed by atoms with Crippen LogP contribution in [0.15, 0.2) is 24.3 Å². The molecule has 108 valence electrons. The zero-order valence-corrected chi connectivity index (χ0v) is 12.4. The molecule has 0 spiro atoms. The van der Waals surface area contributed by atoms with Crippen molar-refractivity contribution in [2.75, 3.05) is 18.7 Å². The minimum Gasteiger partial charge on any atom is -0.508 e. The van der Waals surface area contributed by atoms with Gasteiger partial charge < -0.3 is 14.7 Å². The van der Waals surface area contributed by atoms with Gasteiger partial charge in [-0.25, -0.2) is 0 Å². The van der Waals surface area contributed by atoms with E-state index < -0.39 is 0 Å². The van der Waals surface area contributed by atoms with Crippen LogP contribution in [0.2, 0.25) is 0 Å². The van der Waals surface area contributed by atoms with Crippen LogP contribution in [0.5, 0.6) is 5.75 Å². The number of phenolic OH excluding ortho intramolecular Hbond substituents is 1. The molecule has 0 aliphatic carbocycles. The Hall–Kier alpha value is -1.22. The molecule has 3 heteroatoms. The van der Waals surface area contributed by atoms with Crippen LogP contribution in [0.1, 0.15) is 46.0 Å². The zero-order chi connectivity index (χ0) is 14.1. The summed E-state index contributed by atoms with van der Waals surface area (Å²) in [7, 11) is 2.00. The first kappa shape index (κ1) is 15.8. The summed E-state index contributed by atoms with van der Waals surface area (Å²) in [5, 5.41) is 9.25. The minimum atomic E-state index is 0.294. The molecule has 0 aliphatic heterocycles. The van der Waals surface area contributed by atoms with Gasteiger partial charge in [-0.3, -0.25) is 0 Å². The summed E-state index contributed by atoms with van der Waals surface area (Å²) in [4.78, 5) is 2.04. The van der Waals surface area contributed by atoms with Crippen LogP contribution < -0.4 is 4.90 Å². The van der Waals surface area contributed by atoms with E-state index >= 15 is 0 Å². The van der Waals surface area contributed by atoms with Crippen LogP contribution in [0.25, 0.3) is 0 Å². The molecule has 1 rings (SSSR count). The second kappa shape index (κ2) is 8.81. The van der Waals surface area contributed by atoms with E-state index in [1.54, 1.807) is 12.1 Å². The third-order valence-corrected chi connectivity index (χ3v) is 3.31. The van der Waals surface area contributed by atoms with E-state index in [2.05, 4.69) is 13.8 Å². The first-order valence-corrected chi connectivity index (χ1v) is 7.25. The Morgan fingerprint density at radius 2 is 1.84 bits per heavy atom. The standard InChI is InChI=1S/C16H27NO2/c1-4-5-6-7-8-14(2)19-13-17(3)15-9-11-16(18)12-10-15/h9-12,14,18H,4-8,13H2,1-3H3/t14-/m0/s1. The number of ether oxygens (including phenoxy) is 1. The van der Waals surface area contributed by atoms with Gasteiger partial charge in [-0.1, -0.05) is 32.6 Å². The number of hydrogen-bond donors (Lipinski definition) is 1. The Labute approximate surface area is 117 Å². The fourth-order valence-electron chi connectivity index (χ4n) is 1.96. The highest BCUT2D eigenvalue weighted by Crippen LogP contribution is 2.17. The van der Waals surface area contributed by atoms with E-state index in [1.807, 2.05) is 24.1 Å². The number of rotatable bonds is 9. The molecule has 1 atom stereocenters. The zero-order valence-electron chi connectivity index (χ0n) is 12.4. The Morgan fingerprint density at radius 1 is 1.16 bits per heavy atom. The lowest BCUT2D eigenvalue weighted by Crippen LogP contribution is -2.24. The van der Waals surface area contributed by atoms with Crippen molar-refractivity contribution in [1.29, 1.82) is 0 Å². The number of anilines is 1. The fraction of sp³-hybridized carbons (Fsp3) is 0.625. The Kier molecular flexibility index (Phi) is 7.34. The lowest BCUT2D eigenvalue weighted by Gasteiger charge is -2.22. The van der Waals surface area contributed by atoms with Crippen LogP contribution in [0, 0.1) is 0 Å². The molecule has 3 nitrogen and oxygen atoms in total. The smallest absolute Gasteiger partial charge is 0.119 e. The highest BCUT2D eigenvalue weighted by Gasteiger charge is 2.05. The average molecular weight is 265 g/mol. The number of unbranched alkanes of at least 4 members (excludes halogenated alkanes) is 3. The maximum atomic E-state index is 9.25. The highest BCUT2D eigenvalue weighted by atomic mass is 16.5. The summed E-state index contributed by atoms with van der Waals surface area (Å²) in [6, 6.07) is 7.18. The third kappa shape index (κ3) is 6.48. The molecular weight excluding hydrogens is 238 g/mol. The van der Waals surface area contributed by atoms with Gasteiger partial charge in [0.15, 0.2) is 0 Å². The van der Waals surface area contributed by atoms with Gasteiger partial charge in [-0.05, 0) is 37.6 Å². The second-order valence-corrected chi connectivity index (χ2v) is 5.17. The van der Waals surface area contributed by atoms with Gasteiger partial charge >= 0.3 is 0 Å². The molecule has 0 heterocycles. The van der Waals surface area contributed by atoms with Crippen LogP contribution in [-0.2, 0) is 4.74 Å². The molecule has 0 unspecified atom stereocenters. The molecule has 0 amide bonds. The summed E-state index contributed by atoms with van der Waals surface area (Å²) >= 11 is 0. The van der Waals surface area contributed by atoms with Crippen molar-refractivity contribution in [3.05, 3.63) is 24.3 Å². The lowest BCUT2D eigenvalue weighted by atomic mass is 10.1. The molecule has 1 aromatic rings. The summed E-state index contributed by atoms with van der Waals surface area (Å²) in [5.74, 6) is 0.294. The van der Waals surface area contributed by atoms with Crippen molar-refractivity contribution in [1.82, 2.24) is 0 Å². The summed E-state index contributed by atoms with van der Waals surface area (Å²) in [6.07, 6.45) is 6.58.